The molecule has 2 aromatic carbocycles. The second-order valence-electron chi connectivity index (χ2n) is 6.14. The van der Waals surface area contributed by atoms with Crippen molar-refractivity contribution in [1.82, 2.24) is 10.6 Å². The Hall–Kier alpha value is -2.93. The van der Waals surface area contributed by atoms with Crippen LogP contribution in [0.2, 0.25) is 5.02 Å². The zero-order valence-electron chi connectivity index (χ0n) is 16.9. The number of hydrogen-bond donors (Lipinski definition) is 3. The van der Waals surface area contributed by atoms with E-state index < -0.39 is 6.09 Å². The van der Waals surface area contributed by atoms with E-state index in [1.807, 2.05) is 49.4 Å². The van der Waals surface area contributed by atoms with Gasteiger partial charge in [0.1, 0.15) is 5.75 Å². The maximum absolute atomic E-state index is 11.2. The number of methoxy groups -OCH3 is 2. The number of nitrogens with one attached hydrogen (secondary N) is 3. The van der Waals surface area contributed by atoms with Crippen LogP contribution >= 0.6 is 11.6 Å². The van der Waals surface area contributed by atoms with Crippen LogP contribution < -0.4 is 20.7 Å². The first-order valence-corrected chi connectivity index (χ1v) is 9.72. The van der Waals surface area contributed by atoms with Crippen LogP contribution in [0, 0.1) is 0 Å². The summed E-state index contributed by atoms with van der Waals surface area (Å²) in [6, 6.07) is 13.1. The van der Waals surface area contributed by atoms with Crippen molar-refractivity contribution in [3.8, 4) is 5.75 Å². The van der Waals surface area contributed by atoms with Gasteiger partial charge in [0.25, 0.3) is 0 Å². The summed E-state index contributed by atoms with van der Waals surface area (Å²) in [5.41, 5.74) is 2.74. The average molecular weight is 419 g/mol. The summed E-state index contributed by atoms with van der Waals surface area (Å²) in [6.07, 6.45) is 0.271. The van der Waals surface area contributed by atoms with E-state index in [1.165, 1.54) is 7.11 Å². The third kappa shape index (κ3) is 7.54. The molecule has 0 fully saturated rings. The molecule has 2 rings (SSSR count). The predicted octanol–water partition coefficient (Wildman–Crippen LogP) is 3.82. The number of amides is 1. The summed E-state index contributed by atoms with van der Waals surface area (Å²) in [6.45, 7) is 3.99. The van der Waals surface area contributed by atoms with Crippen LogP contribution in [0.4, 0.5) is 10.5 Å². The quantitative estimate of drug-likeness (QED) is 0.448. The molecule has 0 spiro atoms. The maximum Gasteiger partial charge on any atom is 0.411 e. The zero-order chi connectivity index (χ0) is 21.1. The van der Waals surface area contributed by atoms with Gasteiger partial charge in [-0.1, -0.05) is 29.8 Å². The molecular weight excluding hydrogens is 392 g/mol. The van der Waals surface area contributed by atoms with Crippen LogP contribution in [-0.4, -0.2) is 39.4 Å². The van der Waals surface area contributed by atoms with E-state index in [2.05, 4.69) is 25.7 Å². The first-order chi connectivity index (χ1) is 14.0. The summed E-state index contributed by atoms with van der Waals surface area (Å²) < 4.78 is 9.75. The Morgan fingerprint density at radius 3 is 2.48 bits per heavy atom. The van der Waals surface area contributed by atoms with Crippen LogP contribution in [0.1, 0.15) is 18.1 Å². The molecule has 156 valence electrons. The van der Waals surface area contributed by atoms with Crippen molar-refractivity contribution < 1.29 is 14.3 Å². The maximum atomic E-state index is 11.2. The van der Waals surface area contributed by atoms with Crippen LogP contribution in [0.5, 0.6) is 5.75 Å². The molecule has 29 heavy (non-hydrogen) atoms. The Bertz CT molecular complexity index is 825. The van der Waals surface area contributed by atoms with Gasteiger partial charge in [-0.05, 0) is 48.7 Å². The molecule has 7 nitrogen and oxygen atoms in total. The van der Waals surface area contributed by atoms with Crippen molar-refractivity contribution in [2.24, 2.45) is 4.99 Å². The fourth-order valence-electron chi connectivity index (χ4n) is 2.55. The lowest BCUT2D eigenvalue weighted by Gasteiger charge is -2.12. The third-order valence-electron chi connectivity index (χ3n) is 4.10. The number of hydrogen-bond acceptors (Lipinski definition) is 4. The highest BCUT2D eigenvalue weighted by Gasteiger charge is 2.04. The molecular formula is C21H27ClN4O3. The fraction of sp³-hybridized carbons (Fsp3) is 0.333. The summed E-state index contributed by atoms with van der Waals surface area (Å²) >= 11 is 6.29. The monoisotopic (exact) mass is 418 g/mol. The Kier molecular flexibility index (Phi) is 9.11. The third-order valence-corrected chi connectivity index (χ3v) is 4.45. The van der Waals surface area contributed by atoms with Gasteiger partial charge >= 0.3 is 6.09 Å². The van der Waals surface area contributed by atoms with Crippen molar-refractivity contribution in [3.63, 3.8) is 0 Å². The van der Waals surface area contributed by atoms with Crippen LogP contribution in [0.25, 0.3) is 0 Å². The van der Waals surface area contributed by atoms with Gasteiger partial charge in [0.2, 0.25) is 0 Å². The van der Waals surface area contributed by atoms with Gasteiger partial charge in [0, 0.05) is 23.8 Å². The molecule has 1 amide bonds. The Labute approximate surface area is 176 Å². The minimum absolute atomic E-state index is 0.494. The van der Waals surface area contributed by atoms with Gasteiger partial charge in [-0.15, -0.1) is 0 Å². The molecule has 0 saturated carbocycles. The molecule has 0 aromatic heterocycles. The number of anilines is 1. The molecule has 8 heteroatoms. The van der Waals surface area contributed by atoms with E-state index in [0.717, 1.165) is 35.8 Å². The number of carbonyl (C=O) groups excluding carboxylic acids is 1. The van der Waals surface area contributed by atoms with Crippen LogP contribution in [-0.2, 0) is 17.7 Å². The Balaban J connectivity index is 1.89. The Morgan fingerprint density at radius 1 is 1.10 bits per heavy atom. The van der Waals surface area contributed by atoms with Gasteiger partial charge in [-0.2, -0.15) is 0 Å². The predicted molar refractivity (Wildman–Crippen MR) is 117 cm³/mol. The number of halogens is 1. The molecule has 0 heterocycles. The summed E-state index contributed by atoms with van der Waals surface area (Å²) in [4.78, 5) is 15.8. The summed E-state index contributed by atoms with van der Waals surface area (Å²) in [7, 11) is 2.95. The van der Waals surface area contributed by atoms with Gasteiger partial charge < -0.3 is 20.1 Å². The highest BCUT2D eigenvalue weighted by Crippen LogP contribution is 2.22. The van der Waals surface area contributed by atoms with E-state index in [9.17, 15) is 4.79 Å². The molecule has 0 aliphatic rings. The fourth-order valence-corrected chi connectivity index (χ4v) is 2.81. The number of ether oxygens (including phenoxy) is 2. The summed E-state index contributed by atoms with van der Waals surface area (Å²) in [5.74, 6) is 1.48. The van der Waals surface area contributed by atoms with Crippen LogP contribution in [0.15, 0.2) is 47.5 Å². The smallest absolute Gasteiger partial charge is 0.411 e. The van der Waals surface area contributed by atoms with E-state index in [1.54, 1.807) is 7.11 Å². The molecule has 0 bridgehead atoms. The second-order valence-corrected chi connectivity index (χ2v) is 6.55. The number of carbonyl (C=O) groups is 1. The SMILES string of the molecule is CCNC(=NCc1ccc(NC(=O)OC)cc1)NCCc1ccc(OC)cc1Cl. The topological polar surface area (TPSA) is 84.0 Å². The number of rotatable bonds is 8. The lowest BCUT2D eigenvalue weighted by Crippen LogP contribution is -2.38. The lowest BCUT2D eigenvalue weighted by molar-refractivity contribution is 0.187. The lowest BCUT2D eigenvalue weighted by atomic mass is 10.1. The van der Waals surface area contributed by atoms with Crippen molar-refractivity contribution >= 4 is 29.3 Å². The molecule has 0 atom stereocenters. The molecule has 2 aromatic rings. The average Bonchev–Trinajstić information content (AvgIpc) is 2.73. The number of guanidine groups is 1. The second kappa shape index (κ2) is 11.8. The molecule has 0 aliphatic carbocycles. The number of aliphatic imine (C=N–C) groups is 1. The molecule has 0 saturated heterocycles. The van der Waals surface area contributed by atoms with E-state index >= 15 is 0 Å². The van der Waals surface area contributed by atoms with Gasteiger partial charge in [-0.25, -0.2) is 9.79 Å². The normalized spacial score (nSPS) is 11.0. The van der Waals surface area contributed by atoms with Crippen molar-refractivity contribution in [3.05, 3.63) is 58.6 Å². The van der Waals surface area contributed by atoms with Crippen LogP contribution in [0.3, 0.4) is 0 Å². The number of nitrogens with zero attached hydrogens (tertiary/aromatic N) is 1. The van der Waals surface area contributed by atoms with Gasteiger partial charge in [0.15, 0.2) is 5.96 Å². The summed E-state index contributed by atoms with van der Waals surface area (Å²) in [5, 5.41) is 9.85. The van der Waals surface area contributed by atoms with Crippen molar-refractivity contribution in [1.29, 1.82) is 0 Å². The molecule has 0 aliphatic heterocycles. The molecule has 0 unspecified atom stereocenters. The highest BCUT2D eigenvalue weighted by molar-refractivity contribution is 6.31. The standard InChI is InChI=1S/C21H27ClN4O3/c1-4-23-20(24-12-11-16-7-10-18(28-2)13-19(16)22)25-14-15-5-8-17(9-6-15)26-21(27)29-3/h5-10,13H,4,11-12,14H2,1-3H3,(H,26,27)(H2,23,24,25). The van der Waals surface area contributed by atoms with E-state index in [-0.39, 0.29) is 0 Å². The van der Waals surface area contributed by atoms with E-state index in [4.69, 9.17) is 16.3 Å². The molecule has 0 radical (unpaired) electrons. The van der Waals surface area contributed by atoms with E-state index in [0.29, 0.717) is 23.8 Å². The largest absolute Gasteiger partial charge is 0.497 e. The minimum atomic E-state index is -0.494. The zero-order valence-corrected chi connectivity index (χ0v) is 17.7. The Morgan fingerprint density at radius 2 is 1.86 bits per heavy atom. The number of benzene rings is 2. The first kappa shape index (κ1) is 22.4. The highest BCUT2D eigenvalue weighted by atomic mass is 35.5. The van der Waals surface area contributed by atoms with Crippen molar-refractivity contribution in [2.45, 2.75) is 19.9 Å². The first-order valence-electron chi connectivity index (χ1n) is 9.34. The van der Waals surface area contributed by atoms with Gasteiger partial charge in [0.05, 0.1) is 20.8 Å². The minimum Gasteiger partial charge on any atom is -0.497 e. The van der Waals surface area contributed by atoms with Gasteiger partial charge in [-0.3, -0.25) is 5.32 Å². The molecule has 3 N–H and O–H groups in total. The van der Waals surface area contributed by atoms with Crippen molar-refractivity contribution in [2.75, 3.05) is 32.6 Å².